The number of hydrogen-bond acceptors (Lipinski definition) is 6. The monoisotopic (exact) mass is 264 g/mol. The molecule has 1 fully saturated rings. The Labute approximate surface area is 107 Å². The molecular weight excluding hydrogens is 252 g/mol. The van der Waals surface area contributed by atoms with Gasteiger partial charge in [-0.1, -0.05) is 11.7 Å². The zero-order valence-electron chi connectivity index (χ0n) is 9.93. The van der Waals surface area contributed by atoms with Gasteiger partial charge in [-0.25, -0.2) is 4.79 Å². The highest BCUT2D eigenvalue weighted by Gasteiger charge is 2.43. The fourth-order valence-electron chi connectivity index (χ4n) is 1.87. The highest BCUT2D eigenvalue weighted by Crippen LogP contribution is 2.40. The number of aliphatic hydroxyl groups is 1. The maximum atomic E-state index is 11.7. The first-order chi connectivity index (χ1) is 9.02. The summed E-state index contributed by atoms with van der Waals surface area (Å²) in [5, 5.41) is 12.7. The van der Waals surface area contributed by atoms with Gasteiger partial charge in [0, 0.05) is 17.5 Å². The van der Waals surface area contributed by atoms with Crippen LogP contribution in [-0.4, -0.2) is 27.0 Å². The van der Waals surface area contributed by atoms with E-state index in [-0.39, 0.29) is 12.2 Å². The van der Waals surface area contributed by atoms with Gasteiger partial charge < -0.3 is 15.6 Å². The summed E-state index contributed by atoms with van der Waals surface area (Å²) in [5.74, 6) is 0.0986. The lowest BCUT2D eigenvalue weighted by atomic mass is 10.1. The Bertz CT molecular complexity index is 620. The standard InChI is InChI=1S/C10H12N6O3/c1-6-4-8(19-10(6,5-17)14-15-12)16-3-2-7(11)13-9(16)18/h2-3,8,17H,1,4-5H2,(H2,11,13,18)/t8-,10?/m0/s1. The first kappa shape index (κ1) is 13.1. The molecule has 0 saturated carbocycles. The van der Waals surface area contributed by atoms with E-state index in [1.165, 1.54) is 16.8 Å². The average Bonchev–Trinajstić information content (AvgIpc) is 2.67. The predicted octanol–water partition coefficient (Wildman–Crippen LogP) is 0.299. The van der Waals surface area contributed by atoms with Crippen molar-refractivity contribution in [2.45, 2.75) is 18.4 Å². The Kier molecular flexibility index (Phi) is 3.26. The molecule has 2 heterocycles. The van der Waals surface area contributed by atoms with Crippen molar-refractivity contribution in [2.24, 2.45) is 5.11 Å². The molecule has 0 aromatic carbocycles. The first-order valence-corrected chi connectivity index (χ1v) is 5.40. The predicted molar refractivity (Wildman–Crippen MR) is 65.8 cm³/mol. The molecule has 9 nitrogen and oxygen atoms in total. The van der Waals surface area contributed by atoms with Crippen LogP contribution in [0.25, 0.3) is 10.4 Å². The molecule has 0 spiro atoms. The fourth-order valence-corrected chi connectivity index (χ4v) is 1.87. The Hall–Kier alpha value is -2.35. The number of azide groups is 1. The smallest absolute Gasteiger partial charge is 0.351 e. The summed E-state index contributed by atoms with van der Waals surface area (Å²) in [6.07, 6.45) is 0.905. The van der Waals surface area contributed by atoms with E-state index in [1.807, 2.05) is 0 Å². The van der Waals surface area contributed by atoms with Gasteiger partial charge in [-0.2, -0.15) is 4.98 Å². The SMILES string of the molecule is C=C1C[C@@H](n2ccc(N)nc2=O)OC1(CO)N=[N+]=[N-]. The van der Waals surface area contributed by atoms with Crippen LogP contribution in [0.3, 0.4) is 0 Å². The fraction of sp³-hybridized carbons (Fsp3) is 0.400. The molecular formula is C10H12N6O3. The molecule has 9 heteroatoms. The van der Waals surface area contributed by atoms with E-state index in [1.54, 1.807) is 0 Å². The minimum Gasteiger partial charge on any atom is -0.393 e. The zero-order valence-corrected chi connectivity index (χ0v) is 9.93. The second kappa shape index (κ2) is 4.73. The van der Waals surface area contributed by atoms with Gasteiger partial charge in [0.15, 0.2) is 5.72 Å². The largest absolute Gasteiger partial charge is 0.393 e. The van der Waals surface area contributed by atoms with E-state index in [0.29, 0.717) is 5.57 Å². The molecule has 2 rings (SSSR count). The van der Waals surface area contributed by atoms with E-state index in [4.69, 9.17) is 16.0 Å². The lowest BCUT2D eigenvalue weighted by molar-refractivity contribution is -0.0842. The third-order valence-corrected chi connectivity index (χ3v) is 2.89. The van der Waals surface area contributed by atoms with Crippen molar-refractivity contribution >= 4 is 5.82 Å². The minimum absolute atomic E-state index is 0.0986. The van der Waals surface area contributed by atoms with Gasteiger partial charge in [-0.3, -0.25) is 4.57 Å². The van der Waals surface area contributed by atoms with Crippen LogP contribution in [0.4, 0.5) is 5.82 Å². The molecule has 0 amide bonds. The Morgan fingerprint density at radius 3 is 3.16 bits per heavy atom. The molecule has 0 radical (unpaired) electrons. The Morgan fingerprint density at radius 1 is 1.84 bits per heavy atom. The van der Waals surface area contributed by atoms with Gasteiger partial charge in [0.25, 0.3) is 0 Å². The van der Waals surface area contributed by atoms with E-state index >= 15 is 0 Å². The van der Waals surface area contributed by atoms with Crippen molar-refractivity contribution in [1.29, 1.82) is 0 Å². The molecule has 19 heavy (non-hydrogen) atoms. The van der Waals surface area contributed by atoms with Crippen molar-refractivity contribution in [3.8, 4) is 0 Å². The van der Waals surface area contributed by atoms with Crippen LogP contribution < -0.4 is 11.4 Å². The Balaban J connectivity index is 2.38. The van der Waals surface area contributed by atoms with Crippen molar-refractivity contribution in [2.75, 3.05) is 12.3 Å². The maximum Gasteiger partial charge on any atom is 0.351 e. The molecule has 1 aliphatic rings. The van der Waals surface area contributed by atoms with Crippen LogP contribution in [0.15, 0.2) is 34.3 Å². The summed E-state index contributed by atoms with van der Waals surface area (Å²) in [6, 6.07) is 1.44. The third kappa shape index (κ3) is 2.17. The van der Waals surface area contributed by atoms with Crippen LogP contribution >= 0.6 is 0 Å². The number of rotatable bonds is 3. The molecule has 1 aromatic heterocycles. The Morgan fingerprint density at radius 2 is 2.58 bits per heavy atom. The number of ether oxygens (including phenoxy) is 1. The topological polar surface area (TPSA) is 139 Å². The average molecular weight is 264 g/mol. The maximum absolute atomic E-state index is 11.7. The highest BCUT2D eigenvalue weighted by molar-refractivity contribution is 5.24. The second-order valence-electron chi connectivity index (χ2n) is 4.05. The number of nitrogen functional groups attached to an aromatic ring is 1. The lowest BCUT2D eigenvalue weighted by Crippen LogP contribution is -2.33. The molecule has 0 bridgehead atoms. The molecule has 0 aliphatic carbocycles. The van der Waals surface area contributed by atoms with E-state index < -0.39 is 24.2 Å². The van der Waals surface area contributed by atoms with Crippen LogP contribution in [0.1, 0.15) is 12.6 Å². The van der Waals surface area contributed by atoms with Gasteiger partial charge in [0.1, 0.15) is 12.0 Å². The van der Waals surface area contributed by atoms with E-state index in [0.717, 1.165) is 0 Å². The highest BCUT2D eigenvalue weighted by atomic mass is 16.6. The van der Waals surface area contributed by atoms with Gasteiger partial charge in [0.2, 0.25) is 0 Å². The van der Waals surface area contributed by atoms with Gasteiger partial charge in [-0.15, -0.1) is 0 Å². The summed E-state index contributed by atoms with van der Waals surface area (Å²) in [7, 11) is 0. The van der Waals surface area contributed by atoms with Crippen molar-refractivity contribution in [1.82, 2.24) is 9.55 Å². The number of anilines is 1. The summed E-state index contributed by atoms with van der Waals surface area (Å²) < 4.78 is 6.67. The molecule has 1 unspecified atom stereocenters. The van der Waals surface area contributed by atoms with Gasteiger partial charge >= 0.3 is 5.69 Å². The molecule has 2 atom stereocenters. The minimum atomic E-state index is -1.54. The van der Waals surface area contributed by atoms with Crippen LogP contribution in [-0.2, 0) is 4.74 Å². The van der Waals surface area contributed by atoms with E-state index in [2.05, 4.69) is 21.6 Å². The molecule has 1 aromatic rings. The normalized spacial score (nSPS) is 26.2. The van der Waals surface area contributed by atoms with Crippen LogP contribution in [0.2, 0.25) is 0 Å². The summed E-state index contributed by atoms with van der Waals surface area (Å²) in [6.45, 7) is 3.16. The zero-order chi connectivity index (χ0) is 14.0. The van der Waals surface area contributed by atoms with Gasteiger partial charge in [-0.05, 0) is 17.2 Å². The summed E-state index contributed by atoms with van der Waals surface area (Å²) >= 11 is 0. The molecule has 1 saturated heterocycles. The number of nitrogens with zero attached hydrogens (tertiary/aromatic N) is 5. The summed E-state index contributed by atoms with van der Waals surface area (Å²) in [4.78, 5) is 17.9. The molecule has 3 N–H and O–H groups in total. The second-order valence-corrected chi connectivity index (χ2v) is 4.05. The number of aliphatic hydroxyl groups excluding tert-OH is 1. The number of nitrogens with two attached hydrogens (primary N) is 1. The number of hydrogen-bond donors (Lipinski definition) is 2. The first-order valence-electron chi connectivity index (χ1n) is 5.40. The van der Waals surface area contributed by atoms with Gasteiger partial charge in [0.05, 0.1) is 6.61 Å². The summed E-state index contributed by atoms with van der Waals surface area (Å²) in [5.41, 5.74) is 12.2. The quantitative estimate of drug-likeness (QED) is 0.349. The third-order valence-electron chi connectivity index (χ3n) is 2.89. The van der Waals surface area contributed by atoms with E-state index in [9.17, 15) is 9.90 Å². The van der Waals surface area contributed by atoms with Crippen LogP contribution in [0, 0.1) is 0 Å². The lowest BCUT2D eigenvalue weighted by Gasteiger charge is -2.22. The molecule has 1 aliphatic heterocycles. The van der Waals surface area contributed by atoms with Crippen molar-refractivity contribution in [3.05, 3.63) is 45.3 Å². The molecule has 100 valence electrons. The van der Waals surface area contributed by atoms with Crippen molar-refractivity contribution in [3.63, 3.8) is 0 Å². The number of aromatic nitrogens is 2. The van der Waals surface area contributed by atoms with Crippen molar-refractivity contribution < 1.29 is 9.84 Å². The van der Waals surface area contributed by atoms with Crippen LogP contribution in [0.5, 0.6) is 0 Å².